The number of morpholine rings is 1. The van der Waals surface area contributed by atoms with E-state index in [0.29, 0.717) is 24.6 Å². The summed E-state index contributed by atoms with van der Waals surface area (Å²) in [6, 6.07) is 12.3. The Balaban J connectivity index is 1.27. The highest BCUT2D eigenvalue weighted by molar-refractivity contribution is 6.30. The Morgan fingerprint density at radius 3 is 2.31 bits per heavy atom. The number of likely N-dealkylation sites (tertiary alicyclic amines) is 1. The van der Waals surface area contributed by atoms with Gasteiger partial charge in [0.1, 0.15) is 11.6 Å². The summed E-state index contributed by atoms with van der Waals surface area (Å²) < 4.78 is 32.8. The Morgan fingerprint density at radius 2 is 1.62 bits per heavy atom. The van der Waals surface area contributed by atoms with Gasteiger partial charge in [0.15, 0.2) is 0 Å². The highest BCUT2D eigenvalue weighted by atomic mass is 35.5. The molecule has 2 aliphatic rings. The number of hydrogen-bond donors (Lipinski definition) is 0. The van der Waals surface area contributed by atoms with Gasteiger partial charge in [0.05, 0.1) is 12.7 Å². The third-order valence-electron chi connectivity index (χ3n) is 5.95. The van der Waals surface area contributed by atoms with Crippen LogP contribution in [-0.2, 0) is 17.7 Å². The molecule has 2 aromatic carbocycles. The third-order valence-corrected chi connectivity index (χ3v) is 6.20. The van der Waals surface area contributed by atoms with Crippen LogP contribution in [0.2, 0.25) is 5.02 Å². The molecule has 0 spiro atoms. The zero-order valence-electron chi connectivity index (χ0n) is 16.5. The van der Waals surface area contributed by atoms with Crippen molar-refractivity contribution < 1.29 is 13.5 Å². The molecule has 0 aliphatic carbocycles. The van der Waals surface area contributed by atoms with E-state index in [2.05, 4.69) is 21.9 Å². The van der Waals surface area contributed by atoms with Crippen molar-refractivity contribution in [3.63, 3.8) is 0 Å². The zero-order valence-corrected chi connectivity index (χ0v) is 17.3. The van der Waals surface area contributed by atoms with Crippen LogP contribution in [0.15, 0.2) is 42.5 Å². The van der Waals surface area contributed by atoms with Crippen LogP contribution < -0.4 is 0 Å². The molecule has 2 aliphatic heterocycles. The maximum absolute atomic E-state index is 13.5. The first kappa shape index (κ1) is 20.7. The summed E-state index contributed by atoms with van der Waals surface area (Å²) in [6.45, 7) is 5.53. The fraction of sp³-hybridized carbons (Fsp3) is 0.478. The van der Waals surface area contributed by atoms with E-state index in [1.807, 2.05) is 12.1 Å². The van der Waals surface area contributed by atoms with Crippen LogP contribution in [0.5, 0.6) is 0 Å². The molecule has 4 rings (SSSR count). The lowest BCUT2D eigenvalue weighted by Gasteiger charge is -2.42. The Morgan fingerprint density at radius 1 is 0.931 bits per heavy atom. The molecule has 0 saturated carbocycles. The number of nitrogens with zero attached hydrogens (tertiary/aromatic N) is 2. The van der Waals surface area contributed by atoms with Crippen molar-refractivity contribution in [2.75, 3.05) is 32.8 Å². The highest BCUT2D eigenvalue weighted by Crippen LogP contribution is 2.22. The molecule has 156 valence electrons. The van der Waals surface area contributed by atoms with Crippen molar-refractivity contribution in [2.24, 2.45) is 0 Å². The van der Waals surface area contributed by atoms with Gasteiger partial charge in [-0.15, -0.1) is 0 Å². The predicted octanol–water partition coefficient (Wildman–Crippen LogP) is 4.53. The second-order valence-electron chi connectivity index (χ2n) is 8.10. The van der Waals surface area contributed by atoms with Gasteiger partial charge in [-0.1, -0.05) is 23.7 Å². The lowest BCUT2D eigenvalue weighted by molar-refractivity contribution is -0.0514. The van der Waals surface area contributed by atoms with Crippen LogP contribution in [0.3, 0.4) is 0 Å². The van der Waals surface area contributed by atoms with Crippen LogP contribution in [0, 0.1) is 11.6 Å². The number of rotatable bonds is 5. The summed E-state index contributed by atoms with van der Waals surface area (Å²) in [4.78, 5) is 5.00. The molecule has 0 radical (unpaired) electrons. The maximum Gasteiger partial charge on any atom is 0.126 e. The van der Waals surface area contributed by atoms with E-state index >= 15 is 0 Å². The molecule has 2 fully saturated rings. The van der Waals surface area contributed by atoms with Gasteiger partial charge in [0.25, 0.3) is 0 Å². The van der Waals surface area contributed by atoms with Gasteiger partial charge in [-0.3, -0.25) is 9.80 Å². The molecular weight excluding hydrogens is 394 g/mol. The van der Waals surface area contributed by atoms with Crippen LogP contribution in [0.1, 0.15) is 24.0 Å². The van der Waals surface area contributed by atoms with E-state index in [0.717, 1.165) is 56.7 Å². The Bertz CT molecular complexity index is 789. The summed E-state index contributed by atoms with van der Waals surface area (Å²) in [5.41, 5.74) is 1.95. The van der Waals surface area contributed by atoms with Gasteiger partial charge in [0, 0.05) is 43.2 Å². The molecule has 6 heteroatoms. The van der Waals surface area contributed by atoms with E-state index < -0.39 is 11.6 Å². The Labute approximate surface area is 176 Å². The monoisotopic (exact) mass is 420 g/mol. The van der Waals surface area contributed by atoms with E-state index in [4.69, 9.17) is 16.3 Å². The first-order valence-electron chi connectivity index (χ1n) is 10.3. The molecule has 29 heavy (non-hydrogen) atoms. The van der Waals surface area contributed by atoms with E-state index in [1.165, 1.54) is 17.7 Å². The summed E-state index contributed by atoms with van der Waals surface area (Å²) in [7, 11) is 0. The summed E-state index contributed by atoms with van der Waals surface area (Å²) in [6.07, 6.45) is 2.79. The fourth-order valence-electron chi connectivity index (χ4n) is 4.48. The Kier molecular flexibility index (Phi) is 6.81. The molecule has 0 bridgehead atoms. The molecule has 0 aromatic heterocycles. The minimum absolute atomic E-state index is 0.0166. The van der Waals surface area contributed by atoms with Gasteiger partial charge in [0.2, 0.25) is 0 Å². The van der Waals surface area contributed by atoms with E-state index in [1.54, 1.807) is 0 Å². The van der Waals surface area contributed by atoms with Crippen LogP contribution in [-0.4, -0.2) is 54.7 Å². The molecule has 2 heterocycles. The van der Waals surface area contributed by atoms with Gasteiger partial charge in [-0.2, -0.15) is 0 Å². The molecule has 2 aromatic rings. The zero-order chi connectivity index (χ0) is 20.2. The van der Waals surface area contributed by atoms with Gasteiger partial charge in [-0.25, -0.2) is 8.78 Å². The second-order valence-corrected chi connectivity index (χ2v) is 8.54. The number of ether oxygens (including phenoxy) is 1. The summed E-state index contributed by atoms with van der Waals surface area (Å²) >= 11 is 5.97. The summed E-state index contributed by atoms with van der Waals surface area (Å²) in [5.74, 6) is -1.05. The van der Waals surface area contributed by atoms with Gasteiger partial charge >= 0.3 is 0 Å². The number of benzene rings is 2. The third kappa shape index (κ3) is 5.76. The number of piperidine rings is 1. The molecular formula is C23H27ClF2N2O. The Hall–Kier alpha value is -1.53. The van der Waals surface area contributed by atoms with Gasteiger partial charge in [-0.05, 0) is 61.3 Å². The summed E-state index contributed by atoms with van der Waals surface area (Å²) in [5, 5.41) is 0.773. The van der Waals surface area contributed by atoms with Crippen molar-refractivity contribution >= 4 is 11.6 Å². The van der Waals surface area contributed by atoms with Gasteiger partial charge < -0.3 is 4.74 Å². The van der Waals surface area contributed by atoms with Crippen molar-refractivity contribution in [1.29, 1.82) is 0 Å². The van der Waals surface area contributed by atoms with Crippen molar-refractivity contribution in [3.8, 4) is 0 Å². The normalized spacial score (nSPS) is 22.1. The van der Waals surface area contributed by atoms with Crippen LogP contribution in [0.25, 0.3) is 0 Å². The lowest BCUT2D eigenvalue weighted by Crippen LogP contribution is -2.51. The first-order chi connectivity index (χ1) is 14.0. The topological polar surface area (TPSA) is 15.7 Å². The standard InChI is InChI=1S/C23H27ClF2N2O/c24-19-3-1-17(2-4-19)15-27-7-5-22(6-8-27)28-9-10-29-23(16-28)13-18-11-20(25)14-21(26)12-18/h1-4,11-12,14,22-23H,5-10,13,15-16H2. The molecule has 3 nitrogen and oxygen atoms in total. The van der Waals surface area contributed by atoms with E-state index in [9.17, 15) is 8.78 Å². The van der Waals surface area contributed by atoms with Crippen LogP contribution in [0.4, 0.5) is 8.78 Å². The highest BCUT2D eigenvalue weighted by Gasteiger charge is 2.29. The van der Waals surface area contributed by atoms with Crippen molar-refractivity contribution in [1.82, 2.24) is 9.80 Å². The molecule has 0 amide bonds. The quantitative estimate of drug-likeness (QED) is 0.707. The largest absolute Gasteiger partial charge is 0.375 e. The first-order valence-corrected chi connectivity index (χ1v) is 10.7. The average molecular weight is 421 g/mol. The molecule has 1 unspecified atom stereocenters. The predicted molar refractivity (Wildman–Crippen MR) is 111 cm³/mol. The van der Waals surface area contributed by atoms with Crippen LogP contribution >= 0.6 is 11.6 Å². The molecule has 2 saturated heterocycles. The molecule has 1 atom stereocenters. The minimum atomic E-state index is -0.527. The van der Waals surface area contributed by atoms with Crippen molar-refractivity contribution in [3.05, 3.63) is 70.2 Å². The maximum atomic E-state index is 13.5. The molecule has 0 N–H and O–H groups in total. The average Bonchev–Trinajstić information content (AvgIpc) is 2.70. The number of halogens is 3. The fourth-order valence-corrected chi connectivity index (χ4v) is 4.61. The lowest BCUT2D eigenvalue weighted by atomic mass is 10.00. The SMILES string of the molecule is Fc1cc(F)cc(CC2CN(C3CCN(Cc4ccc(Cl)cc4)CC3)CCO2)c1. The smallest absolute Gasteiger partial charge is 0.126 e. The van der Waals surface area contributed by atoms with Crippen molar-refractivity contribution in [2.45, 2.75) is 38.0 Å². The minimum Gasteiger partial charge on any atom is -0.375 e. The number of hydrogen-bond acceptors (Lipinski definition) is 3. The second kappa shape index (κ2) is 9.52. The van der Waals surface area contributed by atoms with E-state index in [-0.39, 0.29) is 6.10 Å².